The zero-order chi connectivity index (χ0) is 15.6. The first-order valence-electron chi connectivity index (χ1n) is 7.40. The number of hydrogen-bond acceptors (Lipinski definition) is 3. The first-order chi connectivity index (χ1) is 10.6. The van der Waals surface area contributed by atoms with Crippen LogP contribution in [0, 0.1) is 5.82 Å². The van der Waals surface area contributed by atoms with Crippen molar-refractivity contribution in [3.8, 4) is 0 Å². The maximum atomic E-state index is 13.1. The molecule has 0 aliphatic carbocycles. The summed E-state index contributed by atoms with van der Waals surface area (Å²) in [6, 6.07) is 8.93. The molecule has 1 aliphatic heterocycles. The van der Waals surface area contributed by atoms with Crippen molar-refractivity contribution in [3.63, 3.8) is 0 Å². The molecule has 1 aromatic heterocycles. The van der Waals surface area contributed by atoms with Crippen LogP contribution in [0.2, 0.25) is 0 Å². The first-order valence-corrected chi connectivity index (χ1v) is 9.72. The Kier molecular flexibility index (Phi) is 4.61. The van der Waals surface area contributed by atoms with Crippen LogP contribution in [0.1, 0.15) is 36.6 Å². The highest BCUT2D eigenvalue weighted by Crippen LogP contribution is 2.36. The number of rotatable bonds is 3. The van der Waals surface area contributed by atoms with Crippen molar-refractivity contribution in [1.82, 2.24) is 4.31 Å². The van der Waals surface area contributed by atoms with Crippen LogP contribution in [0.3, 0.4) is 0 Å². The third-order valence-corrected chi connectivity index (χ3v) is 6.89. The SMILES string of the molecule is O=S(=O)(c1ccc(F)cc1)N1CCCCCC1c1cccs1. The number of nitrogens with zero attached hydrogens (tertiary/aromatic N) is 1. The summed E-state index contributed by atoms with van der Waals surface area (Å²) in [6.07, 6.45) is 3.76. The van der Waals surface area contributed by atoms with Gasteiger partial charge in [-0.2, -0.15) is 4.31 Å². The van der Waals surface area contributed by atoms with E-state index in [2.05, 4.69) is 0 Å². The molecule has 0 saturated carbocycles. The summed E-state index contributed by atoms with van der Waals surface area (Å²) in [5.74, 6) is -0.426. The van der Waals surface area contributed by atoms with Gasteiger partial charge in [-0.05, 0) is 48.6 Å². The van der Waals surface area contributed by atoms with Crippen LogP contribution >= 0.6 is 11.3 Å². The van der Waals surface area contributed by atoms with Gasteiger partial charge in [-0.25, -0.2) is 12.8 Å². The van der Waals surface area contributed by atoms with Gasteiger partial charge in [0.15, 0.2) is 0 Å². The van der Waals surface area contributed by atoms with Crippen molar-refractivity contribution in [2.75, 3.05) is 6.54 Å². The van der Waals surface area contributed by atoms with Gasteiger partial charge in [-0.3, -0.25) is 0 Å². The number of sulfonamides is 1. The molecule has 118 valence electrons. The van der Waals surface area contributed by atoms with Crippen molar-refractivity contribution in [2.24, 2.45) is 0 Å². The Morgan fingerprint density at radius 1 is 1.09 bits per heavy atom. The molecule has 1 saturated heterocycles. The standard InChI is InChI=1S/C16H18FNO2S2/c17-13-7-9-14(10-8-13)22(19,20)18-11-3-1-2-5-15(18)16-6-4-12-21-16/h4,6-10,12,15H,1-3,5,11H2. The molecule has 1 atom stereocenters. The minimum Gasteiger partial charge on any atom is -0.207 e. The highest BCUT2D eigenvalue weighted by Gasteiger charge is 2.33. The molecule has 3 rings (SSSR count). The molecule has 2 aromatic rings. The predicted octanol–water partition coefficient (Wildman–Crippen LogP) is 4.19. The smallest absolute Gasteiger partial charge is 0.207 e. The Morgan fingerprint density at radius 2 is 1.86 bits per heavy atom. The molecular formula is C16H18FNO2S2. The quantitative estimate of drug-likeness (QED) is 0.841. The van der Waals surface area contributed by atoms with Crippen molar-refractivity contribution in [2.45, 2.75) is 36.6 Å². The Balaban J connectivity index is 1.99. The summed E-state index contributed by atoms with van der Waals surface area (Å²) in [5.41, 5.74) is 0. The lowest BCUT2D eigenvalue weighted by atomic mass is 10.1. The molecule has 1 unspecified atom stereocenters. The minimum absolute atomic E-state index is 0.113. The van der Waals surface area contributed by atoms with E-state index in [1.54, 1.807) is 15.6 Å². The molecule has 1 aromatic carbocycles. The number of hydrogen-bond donors (Lipinski definition) is 0. The lowest BCUT2D eigenvalue weighted by Crippen LogP contribution is -2.34. The van der Waals surface area contributed by atoms with Crippen LogP contribution in [-0.4, -0.2) is 19.3 Å². The molecule has 2 heterocycles. The normalized spacial score (nSPS) is 20.7. The van der Waals surface area contributed by atoms with Crippen LogP contribution in [-0.2, 0) is 10.0 Å². The summed E-state index contributed by atoms with van der Waals surface area (Å²) in [5, 5.41) is 1.98. The Bertz CT molecular complexity index is 711. The van der Waals surface area contributed by atoms with E-state index in [0.717, 1.165) is 30.6 Å². The predicted molar refractivity (Wildman–Crippen MR) is 85.8 cm³/mol. The summed E-state index contributed by atoms with van der Waals surface area (Å²) in [7, 11) is -3.60. The Hall–Kier alpha value is -1.24. The highest BCUT2D eigenvalue weighted by atomic mass is 32.2. The molecule has 6 heteroatoms. The fourth-order valence-electron chi connectivity index (χ4n) is 2.88. The van der Waals surface area contributed by atoms with Gasteiger partial charge < -0.3 is 0 Å². The number of thiophene rings is 1. The van der Waals surface area contributed by atoms with E-state index in [9.17, 15) is 12.8 Å². The van der Waals surface area contributed by atoms with Crippen LogP contribution in [0.25, 0.3) is 0 Å². The zero-order valence-electron chi connectivity index (χ0n) is 12.1. The summed E-state index contributed by atoms with van der Waals surface area (Å²) >= 11 is 1.59. The Labute approximate surface area is 134 Å². The van der Waals surface area contributed by atoms with Crippen molar-refractivity contribution in [3.05, 3.63) is 52.5 Å². The van der Waals surface area contributed by atoms with E-state index < -0.39 is 15.8 Å². The second-order valence-corrected chi connectivity index (χ2v) is 8.32. The van der Waals surface area contributed by atoms with Gasteiger partial charge in [-0.1, -0.05) is 18.9 Å². The fourth-order valence-corrected chi connectivity index (χ4v) is 5.49. The van der Waals surface area contributed by atoms with Gasteiger partial charge >= 0.3 is 0 Å². The summed E-state index contributed by atoms with van der Waals surface area (Å²) in [4.78, 5) is 1.24. The van der Waals surface area contributed by atoms with E-state index >= 15 is 0 Å². The van der Waals surface area contributed by atoms with E-state index in [4.69, 9.17) is 0 Å². The van der Waals surface area contributed by atoms with Crippen LogP contribution in [0.4, 0.5) is 4.39 Å². The molecule has 0 radical (unpaired) electrons. The van der Waals surface area contributed by atoms with Crippen molar-refractivity contribution < 1.29 is 12.8 Å². The van der Waals surface area contributed by atoms with E-state index in [0.29, 0.717) is 6.54 Å². The van der Waals surface area contributed by atoms with Gasteiger partial charge in [0, 0.05) is 11.4 Å². The monoisotopic (exact) mass is 339 g/mol. The Morgan fingerprint density at radius 3 is 2.55 bits per heavy atom. The number of benzene rings is 1. The van der Waals surface area contributed by atoms with Gasteiger partial charge in [0.1, 0.15) is 5.82 Å². The van der Waals surface area contributed by atoms with Gasteiger partial charge in [0.2, 0.25) is 10.0 Å². The maximum absolute atomic E-state index is 13.1. The lowest BCUT2D eigenvalue weighted by molar-refractivity contribution is 0.333. The molecule has 1 fully saturated rings. The van der Waals surface area contributed by atoms with Gasteiger partial charge in [0.25, 0.3) is 0 Å². The van der Waals surface area contributed by atoms with E-state index in [1.807, 2.05) is 17.5 Å². The summed E-state index contributed by atoms with van der Waals surface area (Å²) in [6.45, 7) is 0.516. The third kappa shape index (κ3) is 3.09. The van der Waals surface area contributed by atoms with Crippen LogP contribution < -0.4 is 0 Å². The second kappa shape index (κ2) is 6.48. The molecule has 0 bridgehead atoms. The average molecular weight is 339 g/mol. The zero-order valence-corrected chi connectivity index (χ0v) is 13.7. The van der Waals surface area contributed by atoms with Gasteiger partial charge in [0.05, 0.1) is 10.9 Å². The van der Waals surface area contributed by atoms with Crippen molar-refractivity contribution >= 4 is 21.4 Å². The van der Waals surface area contributed by atoms with Gasteiger partial charge in [-0.15, -0.1) is 11.3 Å². The van der Waals surface area contributed by atoms with E-state index in [1.165, 1.54) is 24.3 Å². The summed E-state index contributed by atoms with van der Waals surface area (Å²) < 4.78 is 40.6. The highest BCUT2D eigenvalue weighted by molar-refractivity contribution is 7.89. The molecule has 0 amide bonds. The van der Waals surface area contributed by atoms with Crippen LogP contribution in [0.5, 0.6) is 0 Å². The van der Waals surface area contributed by atoms with Crippen molar-refractivity contribution in [1.29, 1.82) is 0 Å². The molecule has 0 N–H and O–H groups in total. The fraction of sp³-hybridized carbons (Fsp3) is 0.375. The molecule has 22 heavy (non-hydrogen) atoms. The molecule has 3 nitrogen and oxygen atoms in total. The molecule has 1 aliphatic rings. The minimum atomic E-state index is -3.60. The topological polar surface area (TPSA) is 37.4 Å². The maximum Gasteiger partial charge on any atom is 0.243 e. The third-order valence-electron chi connectivity index (χ3n) is 4.00. The first kappa shape index (κ1) is 15.6. The van der Waals surface area contributed by atoms with Crippen LogP contribution in [0.15, 0.2) is 46.7 Å². The second-order valence-electron chi connectivity index (χ2n) is 5.45. The molecule has 0 spiro atoms. The molecular weight excluding hydrogens is 321 g/mol. The average Bonchev–Trinajstić information content (AvgIpc) is 2.91. The van der Waals surface area contributed by atoms with E-state index in [-0.39, 0.29) is 10.9 Å². The number of halogens is 1. The largest absolute Gasteiger partial charge is 0.243 e. The lowest BCUT2D eigenvalue weighted by Gasteiger charge is -2.28.